The Morgan fingerprint density at radius 2 is 1.94 bits per heavy atom. The largest absolute Gasteiger partial charge is 0.245 e. The van der Waals surface area contributed by atoms with Gasteiger partial charge in [0.05, 0.1) is 5.69 Å². The number of nitrogens with zero attached hydrogens (tertiary/aromatic N) is 1. The van der Waals surface area contributed by atoms with E-state index in [1.165, 1.54) is 60.5 Å². The molecule has 0 amide bonds. The highest BCUT2D eigenvalue weighted by Crippen LogP contribution is 2.43. The van der Waals surface area contributed by atoms with Crippen molar-refractivity contribution < 1.29 is 0 Å². The summed E-state index contributed by atoms with van der Waals surface area (Å²) < 4.78 is 0. The zero-order valence-corrected chi connectivity index (χ0v) is 13.3. The summed E-state index contributed by atoms with van der Waals surface area (Å²) in [6, 6.07) is 0. The van der Waals surface area contributed by atoms with Crippen molar-refractivity contribution in [1.29, 1.82) is 0 Å². The lowest BCUT2D eigenvalue weighted by atomic mass is 10.0. The van der Waals surface area contributed by atoms with Gasteiger partial charge in [0.25, 0.3) is 0 Å². The molecule has 1 aromatic heterocycles. The molecule has 0 bridgehead atoms. The van der Waals surface area contributed by atoms with E-state index in [1.54, 1.807) is 0 Å². The van der Waals surface area contributed by atoms with Gasteiger partial charge in [0.1, 0.15) is 5.01 Å². The Morgan fingerprint density at radius 1 is 1.17 bits per heavy atom. The van der Waals surface area contributed by atoms with Gasteiger partial charge in [-0.1, -0.05) is 19.3 Å². The molecule has 2 aliphatic carbocycles. The maximum atomic E-state index is 4.88. The molecule has 2 fully saturated rings. The lowest BCUT2D eigenvalue weighted by molar-refractivity contribution is 0.516. The highest BCUT2D eigenvalue weighted by Gasteiger charge is 2.29. The zero-order chi connectivity index (χ0) is 12.4. The smallest absolute Gasteiger partial charge is 0.103 e. The Morgan fingerprint density at radius 3 is 2.61 bits per heavy atom. The van der Waals surface area contributed by atoms with Gasteiger partial charge in [0.15, 0.2) is 0 Å². The van der Waals surface area contributed by atoms with Crippen LogP contribution in [0, 0.1) is 0 Å². The summed E-state index contributed by atoms with van der Waals surface area (Å²) in [6.45, 7) is 0. The van der Waals surface area contributed by atoms with Crippen molar-refractivity contribution in [3.63, 3.8) is 0 Å². The average molecular weight is 300 g/mol. The van der Waals surface area contributed by atoms with E-state index in [9.17, 15) is 0 Å². The molecule has 0 N–H and O–H groups in total. The Hall–Kier alpha value is 0.330. The van der Waals surface area contributed by atoms with Crippen molar-refractivity contribution in [2.75, 3.05) is 0 Å². The summed E-state index contributed by atoms with van der Waals surface area (Å²) in [5.74, 6) is 2.78. The third-order valence-electron chi connectivity index (χ3n) is 3.87. The molecular weight excluding hydrogens is 278 g/mol. The maximum Gasteiger partial charge on any atom is 0.103 e. The molecule has 0 unspecified atom stereocenters. The Balaban J connectivity index is 1.58. The van der Waals surface area contributed by atoms with Crippen molar-refractivity contribution in [2.45, 2.75) is 67.6 Å². The summed E-state index contributed by atoms with van der Waals surface area (Å²) in [4.78, 5) is 6.31. The first-order valence-electron chi connectivity index (χ1n) is 7.07. The monoisotopic (exact) mass is 299 g/mol. The predicted octanol–water partition coefficient (Wildman–Crippen LogP) is 5.02. The molecule has 3 rings (SSSR count). The van der Waals surface area contributed by atoms with E-state index in [1.807, 2.05) is 11.3 Å². The number of thiazole rings is 1. The van der Waals surface area contributed by atoms with Crippen molar-refractivity contribution in [3.8, 4) is 0 Å². The molecular formula is C14H21NS3. The normalized spacial score (nSPS) is 21.4. The van der Waals surface area contributed by atoms with Gasteiger partial charge in [0.2, 0.25) is 0 Å². The van der Waals surface area contributed by atoms with Gasteiger partial charge in [0, 0.05) is 27.6 Å². The molecule has 0 spiro atoms. The summed E-state index contributed by atoms with van der Waals surface area (Å²) in [5, 5.41) is 2.24. The lowest BCUT2D eigenvalue weighted by Crippen LogP contribution is -2.08. The molecule has 4 heteroatoms. The van der Waals surface area contributed by atoms with Crippen LogP contribution in [-0.2, 0) is 11.5 Å². The second-order valence-corrected chi connectivity index (χ2v) is 8.19. The summed E-state index contributed by atoms with van der Waals surface area (Å²) in [6.07, 6.45) is 9.86. The molecule has 0 atom stereocenters. The first kappa shape index (κ1) is 13.3. The van der Waals surface area contributed by atoms with Crippen molar-refractivity contribution in [1.82, 2.24) is 4.98 Å². The number of thiol groups is 1. The Kier molecular flexibility index (Phi) is 4.58. The second-order valence-electron chi connectivity index (χ2n) is 5.42. The van der Waals surface area contributed by atoms with Gasteiger partial charge in [-0.15, -0.1) is 11.3 Å². The molecule has 0 radical (unpaired) electrons. The van der Waals surface area contributed by atoms with Crippen LogP contribution in [-0.4, -0.2) is 10.2 Å². The lowest BCUT2D eigenvalue weighted by Gasteiger charge is -2.20. The quantitative estimate of drug-likeness (QED) is 0.767. The van der Waals surface area contributed by atoms with Crippen molar-refractivity contribution >= 4 is 35.7 Å². The standard InChI is InChI=1S/C14H21NS3/c16-8-12-14(10-6-7-10)15-13(18-12)9-17-11-4-2-1-3-5-11/h10-11,16H,1-9H2. The predicted molar refractivity (Wildman–Crippen MR) is 84.9 cm³/mol. The van der Waals surface area contributed by atoms with Gasteiger partial charge in [-0.25, -0.2) is 4.98 Å². The van der Waals surface area contributed by atoms with Crippen molar-refractivity contribution in [3.05, 3.63) is 15.6 Å². The minimum Gasteiger partial charge on any atom is -0.245 e. The van der Waals surface area contributed by atoms with Gasteiger partial charge in [-0.3, -0.25) is 0 Å². The summed E-state index contributed by atoms with van der Waals surface area (Å²) in [5.41, 5.74) is 1.38. The number of hydrogen-bond donors (Lipinski definition) is 1. The SMILES string of the molecule is SCc1sc(CSC2CCCCC2)nc1C1CC1. The molecule has 2 aliphatic rings. The second kappa shape index (κ2) is 6.19. The van der Waals surface area contributed by atoms with Gasteiger partial charge >= 0.3 is 0 Å². The van der Waals surface area contributed by atoms with Crippen LogP contribution in [0.4, 0.5) is 0 Å². The molecule has 0 aromatic carbocycles. The van der Waals surface area contributed by atoms with Crippen LogP contribution in [0.1, 0.15) is 66.4 Å². The van der Waals surface area contributed by atoms with Gasteiger partial charge in [-0.2, -0.15) is 24.4 Å². The molecule has 100 valence electrons. The fraction of sp³-hybridized carbons (Fsp3) is 0.786. The van der Waals surface area contributed by atoms with Crippen LogP contribution in [0.25, 0.3) is 0 Å². The summed E-state index contributed by atoms with van der Waals surface area (Å²) in [7, 11) is 0. The van der Waals surface area contributed by atoms with Crippen LogP contribution in [0.2, 0.25) is 0 Å². The van der Waals surface area contributed by atoms with Gasteiger partial charge < -0.3 is 0 Å². The fourth-order valence-electron chi connectivity index (χ4n) is 2.69. The zero-order valence-electron chi connectivity index (χ0n) is 10.7. The molecule has 0 saturated heterocycles. The first-order valence-corrected chi connectivity index (χ1v) is 9.57. The van der Waals surface area contributed by atoms with E-state index in [0.717, 1.165) is 22.7 Å². The van der Waals surface area contributed by atoms with Gasteiger partial charge in [-0.05, 0) is 25.7 Å². The topological polar surface area (TPSA) is 12.9 Å². The number of aromatic nitrogens is 1. The van der Waals surface area contributed by atoms with Crippen molar-refractivity contribution in [2.24, 2.45) is 0 Å². The Bertz CT molecular complexity index is 392. The van der Waals surface area contributed by atoms with E-state index in [0.29, 0.717) is 0 Å². The van der Waals surface area contributed by atoms with E-state index < -0.39 is 0 Å². The van der Waals surface area contributed by atoms with E-state index in [2.05, 4.69) is 24.4 Å². The van der Waals surface area contributed by atoms with E-state index >= 15 is 0 Å². The molecule has 1 heterocycles. The highest BCUT2D eigenvalue weighted by molar-refractivity contribution is 7.99. The fourth-order valence-corrected chi connectivity index (χ4v) is 5.40. The number of hydrogen-bond acceptors (Lipinski definition) is 4. The highest BCUT2D eigenvalue weighted by atomic mass is 32.2. The molecule has 2 saturated carbocycles. The Labute approximate surface area is 124 Å². The molecule has 0 aliphatic heterocycles. The average Bonchev–Trinajstić information content (AvgIpc) is 3.18. The van der Waals surface area contributed by atoms with E-state index in [4.69, 9.17) is 4.98 Å². The maximum absolute atomic E-state index is 4.88. The third-order valence-corrected chi connectivity index (χ3v) is 7.04. The summed E-state index contributed by atoms with van der Waals surface area (Å²) >= 11 is 8.50. The first-order chi connectivity index (χ1) is 8.86. The van der Waals surface area contributed by atoms with Crippen LogP contribution in [0.3, 0.4) is 0 Å². The molecule has 1 nitrogen and oxygen atoms in total. The number of thioether (sulfide) groups is 1. The minimum absolute atomic E-state index is 0.775. The molecule has 18 heavy (non-hydrogen) atoms. The minimum atomic E-state index is 0.775. The molecule has 1 aromatic rings. The third kappa shape index (κ3) is 3.26. The van der Waals surface area contributed by atoms with Crippen LogP contribution in [0.5, 0.6) is 0 Å². The van der Waals surface area contributed by atoms with Crippen LogP contribution >= 0.6 is 35.7 Å². The van der Waals surface area contributed by atoms with E-state index in [-0.39, 0.29) is 0 Å². The van der Waals surface area contributed by atoms with Crippen LogP contribution in [0.15, 0.2) is 0 Å². The van der Waals surface area contributed by atoms with Crippen LogP contribution < -0.4 is 0 Å². The number of rotatable bonds is 5.